The third-order valence-electron chi connectivity index (χ3n) is 3.92. The maximum Gasteiger partial charge on any atom is 0.236 e. The van der Waals surface area contributed by atoms with Crippen molar-refractivity contribution in [3.8, 4) is 0 Å². The van der Waals surface area contributed by atoms with Crippen LogP contribution >= 0.6 is 27.7 Å². The molecule has 0 aliphatic heterocycles. The van der Waals surface area contributed by atoms with E-state index in [1.165, 1.54) is 17.3 Å². The van der Waals surface area contributed by atoms with E-state index < -0.39 is 0 Å². The summed E-state index contributed by atoms with van der Waals surface area (Å²) in [4.78, 5) is 16.3. The molecule has 1 N–H and O–H groups in total. The first-order valence-electron chi connectivity index (χ1n) is 8.66. The minimum Gasteiger partial charge on any atom is -0.310 e. The van der Waals surface area contributed by atoms with Crippen LogP contribution in [-0.4, -0.2) is 31.4 Å². The highest BCUT2D eigenvalue weighted by Gasteiger charge is 2.13. The average molecular weight is 446 g/mol. The molecule has 3 aromatic rings. The predicted molar refractivity (Wildman–Crippen MR) is 111 cm³/mol. The Labute approximate surface area is 170 Å². The number of thioether (sulfide) groups is 1. The number of halogens is 1. The van der Waals surface area contributed by atoms with Crippen molar-refractivity contribution in [3.63, 3.8) is 0 Å². The van der Waals surface area contributed by atoms with Gasteiger partial charge in [-0.1, -0.05) is 42.1 Å². The first-order valence-corrected chi connectivity index (χ1v) is 10.4. The number of carbonyl (C=O) groups is 1. The van der Waals surface area contributed by atoms with Crippen molar-refractivity contribution in [3.05, 3.63) is 64.5 Å². The second kappa shape index (κ2) is 9.66. The third-order valence-corrected chi connectivity index (χ3v) is 5.35. The van der Waals surface area contributed by atoms with Gasteiger partial charge >= 0.3 is 0 Å². The molecular formula is C19H20BrN5OS. The van der Waals surface area contributed by atoms with Gasteiger partial charge in [-0.05, 0) is 47.0 Å². The van der Waals surface area contributed by atoms with E-state index in [0.717, 1.165) is 34.8 Å². The number of benzene rings is 1. The van der Waals surface area contributed by atoms with Crippen molar-refractivity contribution in [1.29, 1.82) is 0 Å². The van der Waals surface area contributed by atoms with E-state index in [0.29, 0.717) is 5.82 Å². The molecule has 140 valence electrons. The number of hydrogen-bond acceptors (Lipinski definition) is 5. The second-order valence-corrected chi connectivity index (χ2v) is 7.69. The molecule has 0 aliphatic rings. The summed E-state index contributed by atoms with van der Waals surface area (Å²) in [7, 11) is 0. The summed E-state index contributed by atoms with van der Waals surface area (Å²) in [6, 6.07) is 13.9. The van der Waals surface area contributed by atoms with E-state index in [-0.39, 0.29) is 11.7 Å². The number of anilines is 1. The lowest BCUT2D eigenvalue weighted by Gasteiger charge is -2.08. The zero-order chi connectivity index (χ0) is 19.1. The highest BCUT2D eigenvalue weighted by molar-refractivity contribution is 9.10. The molecule has 27 heavy (non-hydrogen) atoms. The summed E-state index contributed by atoms with van der Waals surface area (Å²) in [6.45, 7) is 2.83. The zero-order valence-corrected chi connectivity index (χ0v) is 17.3. The molecule has 1 aromatic carbocycles. The van der Waals surface area contributed by atoms with Crippen LogP contribution in [-0.2, 0) is 24.2 Å². The van der Waals surface area contributed by atoms with Crippen LogP contribution in [0.15, 0.2) is 58.3 Å². The zero-order valence-electron chi connectivity index (χ0n) is 14.9. The molecule has 1 amide bonds. The number of nitrogens with zero attached hydrogens (tertiary/aromatic N) is 4. The van der Waals surface area contributed by atoms with Crippen LogP contribution in [0.5, 0.6) is 0 Å². The number of pyridine rings is 1. The van der Waals surface area contributed by atoms with E-state index in [1.54, 1.807) is 12.3 Å². The number of hydrogen-bond donors (Lipinski definition) is 1. The van der Waals surface area contributed by atoms with Crippen molar-refractivity contribution in [1.82, 2.24) is 19.7 Å². The Morgan fingerprint density at radius 1 is 1.15 bits per heavy atom. The van der Waals surface area contributed by atoms with Crippen molar-refractivity contribution in [2.45, 2.75) is 31.5 Å². The lowest BCUT2D eigenvalue weighted by Crippen LogP contribution is -2.15. The number of amides is 1. The van der Waals surface area contributed by atoms with Gasteiger partial charge in [-0.2, -0.15) is 0 Å². The smallest absolute Gasteiger partial charge is 0.236 e. The predicted octanol–water partition coefficient (Wildman–Crippen LogP) is 3.97. The Balaban J connectivity index is 1.56. The molecule has 0 saturated heterocycles. The number of aromatic nitrogens is 4. The van der Waals surface area contributed by atoms with Gasteiger partial charge in [0.15, 0.2) is 5.16 Å². The van der Waals surface area contributed by atoms with Crippen LogP contribution < -0.4 is 5.32 Å². The van der Waals surface area contributed by atoms with E-state index in [4.69, 9.17) is 0 Å². The Morgan fingerprint density at radius 3 is 2.67 bits per heavy atom. The molecule has 0 saturated carbocycles. The molecule has 0 bridgehead atoms. The lowest BCUT2D eigenvalue weighted by atomic mass is 10.1. The molecule has 3 rings (SSSR count). The summed E-state index contributed by atoms with van der Waals surface area (Å²) in [5, 5.41) is 12.1. The summed E-state index contributed by atoms with van der Waals surface area (Å²) < 4.78 is 2.94. The lowest BCUT2D eigenvalue weighted by molar-refractivity contribution is -0.113. The molecule has 2 heterocycles. The van der Waals surface area contributed by atoms with Crippen LogP contribution in [0, 0.1) is 0 Å². The minimum absolute atomic E-state index is 0.119. The summed E-state index contributed by atoms with van der Waals surface area (Å²) in [6.07, 6.45) is 3.38. The van der Waals surface area contributed by atoms with Crippen LogP contribution in [0.4, 0.5) is 5.82 Å². The van der Waals surface area contributed by atoms with Gasteiger partial charge in [-0.3, -0.25) is 4.79 Å². The van der Waals surface area contributed by atoms with Crippen LogP contribution in [0.2, 0.25) is 0 Å². The standard InChI is InChI=1S/C19H20BrN5OS/c1-2-25-17(11-8-14-6-4-3-5-7-14)23-24-19(25)27-13-18(26)22-16-10-9-15(20)12-21-16/h3-7,9-10,12H,2,8,11,13H2,1H3,(H,21,22,26). The van der Waals surface area contributed by atoms with Gasteiger partial charge in [0, 0.05) is 23.6 Å². The van der Waals surface area contributed by atoms with Gasteiger partial charge in [-0.25, -0.2) is 4.98 Å². The molecule has 2 aromatic heterocycles. The van der Waals surface area contributed by atoms with Gasteiger partial charge < -0.3 is 9.88 Å². The Hall–Kier alpha value is -2.19. The molecule has 0 aliphatic carbocycles. The average Bonchev–Trinajstić information content (AvgIpc) is 3.09. The number of rotatable bonds is 8. The first kappa shape index (κ1) is 19.6. The van der Waals surface area contributed by atoms with Crippen molar-refractivity contribution < 1.29 is 4.79 Å². The van der Waals surface area contributed by atoms with E-state index in [2.05, 4.69) is 60.1 Å². The van der Waals surface area contributed by atoms with Gasteiger partial charge in [-0.15, -0.1) is 10.2 Å². The normalized spacial score (nSPS) is 10.7. The topological polar surface area (TPSA) is 72.7 Å². The van der Waals surface area contributed by atoms with Crippen LogP contribution in [0.3, 0.4) is 0 Å². The monoisotopic (exact) mass is 445 g/mol. The fourth-order valence-corrected chi connectivity index (χ4v) is 3.64. The van der Waals surface area contributed by atoms with E-state index >= 15 is 0 Å². The Morgan fingerprint density at radius 2 is 1.96 bits per heavy atom. The summed E-state index contributed by atoms with van der Waals surface area (Å²) in [5.74, 6) is 1.61. The quantitative estimate of drug-likeness (QED) is 0.530. The molecule has 0 fully saturated rings. The van der Waals surface area contributed by atoms with Gasteiger partial charge in [0.25, 0.3) is 0 Å². The molecular weight excluding hydrogens is 426 g/mol. The highest BCUT2D eigenvalue weighted by Crippen LogP contribution is 2.19. The first-order chi connectivity index (χ1) is 13.2. The van der Waals surface area contributed by atoms with Gasteiger partial charge in [0.1, 0.15) is 11.6 Å². The maximum atomic E-state index is 12.1. The molecule has 0 unspecified atom stereocenters. The molecule has 6 nitrogen and oxygen atoms in total. The fraction of sp³-hybridized carbons (Fsp3) is 0.263. The summed E-state index contributed by atoms with van der Waals surface area (Å²) >= 11 is 4.71. The highest BCUT2D eigenvalue weighted by atomic mass is 79.9. The molecule has 0 spiro atoms. The van der Waals surface area contributed by atoms with Crippen molar-refractivity contribution in [2.24, 2.45) is 0 Å². The summed E-state index contributed by atoms with van der Waals surface area (Å²) in [5.41, 5.74) is 1.28. The SMILES string of the molecule is CCn1c(CCc2ccccc2)nnc1SCC(=O)Nc1ccc(Br)cn1. The van der Waals surface area contributed by atoms with Crippen LogP contribution in [0.25, 0.3) is 0 Å². The van der Waals surface area contributed by atoms with Crippen molar-refractivity contribution >= 4 is 39.4 Å². The molecule has 0 radical (unpaired) electrons. The number of aryl methyl sites for hydroxylation is 2. The number of carbonyl (C=O) groups excluding carboxylic acids is 1. The van der Waals surface area contributed by atoms with Gasteiger partial charge in [0.2, 0.25) is 5.91 Å². The maximum absolute atomic E-state index is 12.1. The Kier molecular flexibility index (Phi) is 7.00. The van der Waals surface area contributed by atoms with Gasteiger partial charge in [0.05, 0.1) is 5.75 Å². The third kappa shape index (κ3) is 5.64. The van der Waals surface area contributed by atoms with Crippen LogP contribution in [0.1, 0.15) is 18.3 Å². The fourth-order valence-electron chi connectivity index (χ4n) is 2.59. The molecule has 8 heteroatoms. The number of nitrogens with one attached hydrogen (secondary N) is 1. The van der Waals surface area contributed by atoms with E-state index in [1.807, 2.05) is 24.3 Å². The molecule has 0 atom stereocenters. The van der Waals surface area contributed by atoms with E-state index in [9.17, 15) is 4.79 Å². The minimum atomic E-state index is -0.119. The Bertz CT molecular complexity index is 883. The second-order valence-electron chi connectivity index (χ2n) is 5.83. The van der Waals surface area contributed by atoms with Crippen molar-refractivity contribution in [2.75, 3.05) is 11.1 Å². The largest absolute Gasteiger partial charge is 0.310 e.